The zero-order valence-corrected chi connectivity index (χ0v) is 9.90. The van der Waals surface area contributed by atoms with Crippen LogP contribution in [0.5, 0.6) is 0 Å². The van der Waals surface area contributed by atoms with E-state index in [-0.39, 0.29) is 0 Å². The predicted octanol–water partition coefficient (Wildman–Crippen LogP) is 1.37. The third-order valence-electron chi connectivity index (χ3n) is 2.33. The minimum atomic E-state index is 0.670. The molecule has 15 heavy (non-hydrogen) atoms. The van der Waals surface area contributed by atoms with Crippen LogP contribution in [-0.4, -0.2) is 37.1 Å². The van der Waals surface area contributed by atoms with Crippen molar-refractivity contribution in [3.8, 4) is 0 Å². The third-order valence-corrected chi connectivity index (χ3v) is 2.33. The molecule has 0 aliphatic carbocycles. The van der Waals surface area contributed by atoms with Crippen LogP contribution in [0.3, 0.4) is 0 Å². The number of hydrogen-bond acceptors (Lipinski definition) is 3. The molecule has 0 bridgehead atoms. The summed E-state index contributed by atoms with van der Waals surface area (Å²) in [4.78, 5) is 6.62. The second-order valence-electron chi connectivity index (χ2n) is 4.18. The Morgan fingerprint density at radius 3 is 2.87 bits per heavy atom. The van der Waals surface area contributed by atoms with Gasteiger partial charge in [-0.3, -0.25) is 4.98 Å². The van der Waals surface area contributed by atoms with E-state index in [1.807, 2.05) is 25.4 Å². The van der Waals surface area contributed by atoms with Crippen molar-refractivity contribution in [3.05, 3.63) is 30.1 Å². The molecule has 1 N–H and O–H groups in total. The Balaban J connectivity index is 2.33. The van der Waals surface area contributed by atoms with Gasteiger partial charge < -0.3 is 10.2 Å². The Labute approximate surface area is 92.5 Å². The van der Waals surface area contributed by atoms with Crippen LogP contribution in [0.1, 0.15) is 12.6 Å². The lowest BCUT2D eigenvalue weighted by molar-refractivity contribution is 0.273. The molecule has 1 aromatic heterocycles. The fraction of sp³-hybridized carbons (Fsp3) is 0.583. The summed E-state index contributed by atoms with van der Waals surface area (Å²) in [6.45, 7) is 5.34. The average Bonchev–Trinajstić information content (AvgIpc) is 2.19. The van der Waals surface area contributed by atoms with Gasteiger partial charge in [-0.05, 0) is 38.7 Å². The van der Waals surface area contributed by atoms with Crippen LogP contribution >= 0.6 is 0 Å². The largest absolute Gasteiger partial charge is 0.319 e. The molecular formula is C12H21N3. The van der Waals surface area contributed by atoms with E-state index in [0.29, 0.717) is 5.92 Å². The molecule has 0 spiro atoms. The highest BCUT2D eigenvalue weighted by Gasteiger charge is 2.06. The highest BCUT2D eigenvalue weighted by molar-refractivity contribution is 5.02. The molecule has 0 aliphatic rings. The minimum Gasteiger partial charge on any atom is -0.319 e. The summed E-state index contributed by atoms with van der Waals surface area (Å²) in [7, 11) is 4.14. The normalized spacial score (nSPS) is 13.1. The molecule has 0 aromatic carbocycles. The maximum atomic E-state index is 4.31. The summed E-state index contributed by atoms with van der Waals surface area (Å²) >= 11 is 0. The van der Waals surface area contributed by atoms with E-state index in [1.165, 1.54) is 0 Å². The second-order valence-corrected chi connectivity index (χ2v) is 4.18. The number of nitrogens with zero attached hydrogens (tertiary/aromatic N) is 2. The fourth-order valence-corrected chi connectivity index (χ4v) is 1.78. The van der Waals surface area contributed by atoms with Crippen molar-refractivity contribution in [2.24, 2.45) is 5.92 Å². The molecule has 1 unspecified atom stereocenters. The molecule has 0 radical (unpaired) electrons. The molecule has 84 valence electrons. The van der Waals surface area contributed by atoms with E-state index < -0.39 is 0 Å². The Kier molecular flexibility index (Phi) is 5.29. The van der Waals surface area contributed by atoms with Crippen molar-refractivity contribution >= 4 is 0 Å². The molecular weight excluding hydrogens is 186 g/mol. The lowest BCUT2D eigenvalue weighted by atomic mass is 10.1. The van der Waals surface area contributed by atoms with E-state index in [1.54, 1.807) is 0 Å². The van der Waals surface area contributed by atoms with Gasteiger partial charge in [-0.25, -0.2) is 0 Å². The summed E-state index contributed by atoms with van der Waals surface area (Å²) in [5.74, 6) is 0.670. The van der Waals surface area contributed by atoms with Crippen LogP contribution in [-0.2, 0) is 6.54 Å². The number of pyridine rings is 1. The van der Waals surface area contributed by atoms with Gasteiger partial charge in [-0.15, -0.1) is 0 Å². The van der Waals surface area contributed by atoms with Gasteiger partial charge in [-0.1, -0.05) is 13.0 Å². The molecule has 0 amide bonds. The molecule has 1 atom stereocenters. The van der Waals surface area contributed by atoms with Gasteiger partial charge in [0.2, 0.25) is 0 Å². The topological polar surface area (TPSA) is 28.2 Å². The summed E-state index contributed by atoms with van der Waals surface area (Å²) in [5, 5.41) is 3.19. The number of hydrogen-bond donors (Lipinski definition) is 1. The Hall–Kier alpha value is -0.930. The molecule has 1 heterocycles. The van der Waals surface area contributed by atoms with Crippen LogP contribution in [0.4, 0.5) is 0 Å². The van der Waals surface area contributed by atoms with Gasteiger partial charge in [0.25, 0.3) is 0 Å². The molecule has 1 rings (SSSR count). The van der Waals surface area contributed by atoms with E-state index in [9.17, 15) is 0 Å². The van der Waals surface area contributed by atoms with Crippen LogP contribution in [0.15, 0.2) is 24.4 Å². The molecule has 0 saturated carbocycles. The Morgan fingerprint density at radius 2 is 2.27 bits per heavy atom. The smallest absolute Gasteiger partial charge is 0.0543 e. The van der Waals surface area contributed by atoms with Crippen molar-refractivity contribution < 1.29 is 0 Å². The highest BCUT2D eigenvalue weighted by Crippen LogP contribution is 2.02. The third kappa shape index (κ3) is 4.91. The first-order chi connectivity index (χ1) is 7.22. The first-order valence-electron chi connectivity index (χ1n) is 5.45. The van der Waals surface area contributed by atoms with Crippen molar-refractivity contribution in [2.75, 3.05) is 27.2 Å². The summed E-state index contributed by atoms with van der Waals surface area (Å²) in [6, 6.07) is 6.06. The first kappa shape index (κ1) is 12.1. The van der Waals surface area contributed by atoms with E-state index >= 15 is 0 Å². The van der Waals surface area contributed by atoms with Gasteiger partial charge in [0, 0.05) is 19.3 Å². The Bertz CT molecular complexity index is 261. The number of nitrogens with one attached hydrogen (secondary N) is 1. The number of aromatic nitrogens is 1. The van der Waals surface area contributed by atoms with Gasteiger partial charge in [0.1, 0.15) is 0 Å². The zero-order valence-electron chi connectivity index (χ0n) is 9.90. The molecule has 0 fully saturated rings. The first-order valence-corrected chi connectivity index (χ1v) is 5.45. The highest BCUT2D eigenvalue weighted by atomic mass is 15.1. The lowest BCUT2D eigenvalue weighted by Crippen LogP contribution is -2.29. The van der Waals surface area contributed by atoms with Crippen molar-refractivity contribution in [2.45, 2.75) is 13.5 Å². The summed E-state index contributed by atoms with van der Waals surface area (Å²) < 4.78 is 0. The second kappa shape index (κ2) is 6.53. The molecule has 1 aromatic rings. The average molecular weight is 207 g/mol. The van der Waals surface area contributed by atoms with Crippen molar-refractivity contribution in [1.82, 2.24) is 15.2 Å². The van der Waals surface area contributed by atoms with Gasteiger partial charge in [-0.2, -0.15) is 0 Å². The lowest BCUT2D eigenvalue weighted by Gasteiger charge is -2.20. The van der Waals surface area contributed by atoms with Crippen LogP contribution in [0, 0.1) is 5.92 Å². The van der Waals surface area contributed by atoms with Crippen molar-refractivity contribution in [1.29, 1.82) is 0 Å². The minimum absolute atomic E-state index is 0.670. The fourth-order valence-electron chi connectivity index (χ4n) is 1.78. The van der Waals surface area contributed by atoms with E-state index in [2.05, 4.69) is 35.2 Å². The SMILES string of the molecule is CNCC(C)CN(C)Cc1ccccn1. The van der Waals surface area contributed by atoms with Crippen LogP contribution < -0.4 is 5.32 Å². The van der Waals surface area contributed by atoms with Crippen LogP contribution in [0.2, 0.25) is 0 Å². The summed E-state index contributed by atoms with van der Waals surface area (Å²) in [5.41, 5.74) is 1.14. The maximum Gasteiger partial charge on any atom is 0.0543 e. The molecule has 3 heteroatoms. The Morgan fingerprint density at radius 1 is 1.47 bits per heavy atom. The standard InChI is InChI=1S/C12H21N3/c1-11(8-13-2)9-15(3)10-12-6-4-5-7-14-12/h4-7,11,13H,8-10H2,1-3H3. The number of rotatable bonds is 6. The molecule has 3 nitrogen and oxygen atoms in total. The van der Waals surface area contributed by atoms with E-state index in [4.69, 9.17) is 0 Å². The molecule has 0 aliphatic heterocycles. The van der Waals surface area contributed by atoms with E-state index in [0.717, 1.165) is 25.3 Å². The van der Waals surface area contributed by atoms with Crippen LogP contribution in [0.25, 0.3) is 0 Å². The quantitative estimate of drug-likeness (QED) is 0.763. The van der Waals surface area contributed by atoms with Crippen molar-refractivity contribution in [3.63, 3.8) is 0 Å². The van der Waals surface area contributed by atoms with Gasteiger partial charge >= 0.3 is 0 Å². The monoisotopic (exact) mass is 207 g/mol. The maximum absolute atomic E-state index is 4.31. The molecule has 0 saturated heterocycles. The predicted molar refractivity (Wildman–Crippen MR) is 63.7 cm³/mol. The summed E-state index contributed by atoms with van der Waals surface area (Å²) in [6.07, 6.45) is 1.85. The zero-order chi connectivity index (χ0) is 11.1. The van der Waals surface area contributed by atoms with Gasteiger partial charge in [0.15, 0.2) is 0 Å². The van der Waals surface area contributed by atoms with Gasteiger partial charge in [0.05, 0.1) is 5.69 Å².